The van der Waals surface area contributed by atoms with Crippen LogP contribution in [0.5, 0.6) is 0 Å². The number of ether oxygens (including phenoxy) is 1. The van der Waals surface area contributed by atoms with E-state index < -0.39 is 11.9 Å². The highest BCUT2D eigenvalue weighted by Gasteiger charge is 2.24. The van der Waals surface area contributed by atoms with Gasteiger partial charge in [0.1, 0.15) is 17.5 Å². The van der Waals surface area contributed by atoms with E-state index in [1.54, 1.807) is 12.1 Å². The molecular formula is C12H13FO3. The first-order chi connectivity index (χ1) is 7.54. The van der Waals surface area contributed by atoms with Crippen LogP contribution >= 0.6 is 0 Å². The molecule has 0 spiro atoms. The zero-order valence-corrected chi connectivity index (χ0v) is 9.20. The number of benzene rings is 1. The Bertz CT molecular complexity index is 384. The molecule has 3 nitrogen and oxygen atoms in total. The number of carbonyl (C=O) groups excluding carboxylic acids is 2. The van der Waals surface area contributed by atoms with Crippen LogP contribution in [-0.2, 0) is 20.7 Å². The van der Waals surface area contributed by atoms with Gasteiger partial charge in [0.2, 0.25) is 0 Å². The average molecular weight is 224 g/mol. The summed E-state index contributed by atoms with van der Waals surface area (Å²) in [6.07, 6.45) is 0.238. The van der Waals surface area contributed by atoms with Gasteiger partial charge >= 0.3 is 5.97 Å². The number of esters is 1. The van der Waals surface area contributed by atoms with E-state index in [1.165, 1.54) is 26.2 Å². The molecule has 0 radical (unpaired) electrons. The number of ketones is 1. The second-order valence-corrected chi connectivity index (χ2v) is 3.52. The summed E-state index contributed by atoms with van der Waals surface area (Å²) < 4.78 is 17.2. The minimum atomic E-state index is -0.810. The number of carbonyl (C=O) groups is 2. The highest BCUT2D eigenvalue weighted by molar-refractivity contribution is 5.97. The van der Waals surface area contributed by atoms with E-state index >= 15 is 0 Å². The normalized spacial score (nSPS) is 11.9. The molecule has 1 aromatic carbocycles. The summed E-state index contributed by atoms with van der Waals surface area (Å²) in [7, 11) is 1.24. The molecule has 0 saturated carbocycles. The van der Waals surface area contributed by atoms with E-state index in [0.29, 0.717) is 0 Å². The molecule has 0 aliphatic carbocycles. The fraction of sp³-hybridized carbons (Fsp3) is 0.333. The topological polar surface area (TPSA) is 43.4 Å². The Labute approximate surface area is 93.2 Å². The van der Waals surface area contributed by atoms with Crippen LogP contribution in [0.3, 0.4) is 0 Å². The predicted octanol–water partition coefficient (Wildman–Crippen LogP) is 1.75. The van der Waals surface area contributed by atoms with E-state index in [1.807, 2.05) is 0 Å². The molecule has 0 fully saturated rings. The SMILES string of the molecule is COC(=O)[C@@H](Cc1ccc(F)cc1)C(C)=O. The van der Waals surface area contributed by atoms with Crippen LogP contribution in [0, 0.1) is 11.7 Å². The number of halogens is 1. The highest BCUT2D eigenvalue weighted by Crippen LogP contribution is 2.12. The summed E-state index contributed by atoms with van der Waals surface area (Å²) in [6.45, 7) is 1.34. The summed E-state index contributed by atoms with van der Waals surface area (Å²) in [4.78, 5) is 22.5. The van der Waals surface area contributed by atoms with Gasteiger partial charge in [0.05, 0.1) is 7.11 Å². The monoisotopic (exact) mass is 224 g/mol. The van der Waals surface area contributed by atoms with Gasteiger partial charge in [-0.25, -0.2) is 4.39 Å². The Morgan fingerprint density at radius 2 is 1.88 bits per heavy atom. The standard InChI is InChI=1S/C12H13FO3/c1-8(14)11(12(15)16-2)7-9-3-5-10(13)6-4-9/h3-6,11H,7H2,1-2H3/t11-/m0/s1. The Balaban J connectivity index is 2.80. The van der Waals surface area contributed by atoms with Crippen molar-refractivity contribution in [1.29, 1.82) is 0 Å². The quantitative estimate of drug-likeness (QED) is 0.578. The lowest BCUT2D eigenvalue weighted by Gasteiger charge is -2.11. The zero-order valence-electron chi connectivity index (χ0n) is 9.20. The van der Waals surface area contributed by atoms with Gasteiger partial charge in [0.15, 0.2) is 0 Å². The van der Waals surface area contributed by atoms with Gasteiger partial charge in [0.25, 0.3) is 0 Å². The third-order valence-corrected chi connectivity index (χ3v) is 2.33. The van der Waals surface area contributed by atoms with Gasteiger partial charge in [-0.3, -0.25) is 9.59 Å². The minimum absolute atomic E-state index is 0.238. The van der Waals surface area contributed by atoms with Crippen molar-refractivity contribution in [3.63, 3.8) is 0 Å². The Morgan fingerprint density at radius 1 is 1.31 bits per heavy atom. The van der Waals surface area contributed by atoms with E-state index in [2.05, 4.69) is 4.74 Å². The molecular weight excluding hydrogens is 211 g/mol. The summed E-state index contributed by atoms with van der Waals surface area (Å²) >= 11 is 0. The van der Waals surface area contributed by atoms with Crippen molar-refractivity contribution < 1.29 is 18.7 Å². The molecule has 0 amide bonds. The van der Waals surface area contributed by atoms with Crippen LogP contribution in [0.25, 0.3) is 0 Å². The lowest BCUT2D eigenvalue weighted by molar-refractivity contribution is -0.148. The van der Waals surface area contributed by atoms with Gasteiger partial charge in [-0.15, -0.1) is 0 Å². The van der Waals surface area contributed by atoms with E-state index in [-0.39, 0.29) is 18.0 Å². The van der Waals surface area contributed by atoms with Gasteiger partial charge in [0, 0.05) is 0 Å². The maximum Gasteiger partial charge on any atom is 0.316 e. The molecule has 0 bridgehead atoms. The summed E-state index contributed by atoms with van der Waals surface area (Å²) in [5, 5.41) is 0. The second kappa shape index (κ2) is 5.39. The third-order valence-electron chi connectivity index (χ3n) is 2.33. The van der Waals surface area contributed by atoms with Crippen molar-refractivity contribution in [2.75, 3.05) is 7.11 Å². The fourth-order valence-corrected chi connectivity index (χ4v) is 1.39. The molecule has 0 saturated heterocycles. The molecule has 0 N–H and O–H groups in total. The third kappa shape index (κ3) is 3.15. The second-order valence-electron chi connectivity index (χ2n) is 3.52. The average Bonchev–Trinajstić information content (AvgIpc) is 2.27. The number of methoxy groups -OCH3 is 1. The maximum absolute atomic E-state index is 12.6. The molecule has 1 atom stereocenters. The number of hydrogen-bond acceptors (Lipinski definition) is 3. The maximum atomic E-state index is 12.6. The molecule has 86 valence electrons. The molecule has 4 heteroatoms. The van der Waals surface area contributed by atoms with Gasteiger partial charge < -0.3 is 4.74 Å². The Hall–Kier alpha value is -1.71. The van der Waals surface area contributed by atoms with Crippen molar-refractivity contribution in [3.8, 4) is 0 Å². The molecule has 16 heavy (non-hydrogen) atoms. The number of rotatable bonds is 4. The van der Waals surface area contributed by atoms with Crippen molar-refractivity contribution in [2.45, 2.75) is 13.3 Å². The highest BCUT2D eigenvalue weighted by atomic mass is 19.1. The summed E-state index contributed by atoms with van der Waals surface area (Å²) in [6, 6.07) is 5.69. The van der Waals surface area contributed by atoms with Crippen molar-refractivity contribution in [2.24, 2.45) is 5.92 Å². The molecule has 1 rings (SSSR count). The fourth-order valence-electron chi connectivity index (χ4n) is 1.39. The van der Waals surface area contributed by atoms with Crippen LogP contribution in [-0.4, -0.2) is 18.9 Å². The van der Waals surface area contributed by atoms with E-state index in [9.17, 15) is 14.0 Å². The Morgan fingerprint density at radius 3 is 2.31 bits per heavy atom. The zero-order chi connectivity index (χ0) is 12.1. The minimum Gasteiger partial charge on any atom is -0.468 e. The smallest absolute Gasteiger partial charge is 0.316 e. The molecule has 0 aliphatic rings. The predicted molar refractivity (Wildman–Crippen MR) is 56.3 cm³/mol. The first-order valence-electron chi connectivity index (χ1n) is 4.87. The van der Waals surface area contributed by atoms with E-state index in [0.717, 1.165) is 5.56 Å². The van der Waals surface area contributed by atoms with Crippen LogP contribution < -0.4 is 0 Å². The first kappa shape index (κ1) is 12.4. The van der Waals surface area contributed by atoms with Crippen LogP contribution in [0.2, 0.25) is 0 Å². The van der Waals surface area contributed by atoms with Gasteiger partial charge in [-0.2, -0.15) is 0 Å². The van der Waals surface area contributed by atoms with Crippen LogP contribution in [0.1, 0.15) is 12.5 Å². The lowest BCUT2D eigenvalue weighted by atomic mass is 9.96. The summed E-state index contributed by atoms with van der Waals surface area (Å²) in [5.74, 6) is -1.97. The molecule has 1 aromatic rings. The number of Topliss-reactive ketones (excluding diaryl/α,β-unsaturated/α-hetero) is 1. The Kier molecular flexibility index (Phi) is 4.17. The van der Waals surface area contributed by atoms with Crippen LogP contribution in [0.15, 0.2) is 24.3 Å². The molecule has 0 heterocycles. The largest absolute Gasteiger partial charge is 0.468 e. The van der Waals surface area contributed by atoms with Crippen molar-refractivity contribution in [1.82, 2.24) is 0 Å². The van der Waals surface area contributed by atoms with Crippen molar-refractivity contribution >= 4 is 11.8 Å². The van der Waals surface area contributed by atoms with Gasteiger partial charge in [-0.05, 0) is 31.0 Å². The first-order valence-corrected chi connectivity index (χ1v) is 4.87. The van der Waals surface area contributed by atoms with Crippen LogP contribution in [0.4, 0.5) is 4.39 Å². The lowest BCUT2D eigenvalue weighted by Crippen LogP contribution is -2.25. The van der Waals surface area contributed by atoms with E-state index in [4.69, 9.17) is 0 Å². The van der Waals surface area contributed by atoms with Gasteiger partial charge in [-0.1, -0.05) is 12.1 Å². The molecule has 0 aliphatic heterocycles. The summed E-state index contributed by atoms with van der Waals surface area (Å²) in [5.41, 5.74) is 0.729. The molecule has 0 aromatic heterocycles. The number of hydrogen-bond donors (Lipinski definition) is 0. The molecule has 0 unspecified atom stereocenters. The van der Waals surface area contributed by atoms with Crippen molar-refractivity contribution in [3.05, 3.63) is 35.6 Å².